The summed E-state index contributed by atoms with van der Waals surface area (Å²) < 4.78 is 1.78. The zero-order valence-corrected chi connectivity index (χ0v) is 14.3. The quantitative estimate of drug-likeness (QED) is 0.894. The number of hydrogen-bond donors (Lipinski definition) is 2. The molecule has 2 saturated heterocycles. The Hall–Kier alpha value is -1.85. The predicted molar refractivity (Wildman–Crippen MR) is 96.7 cm³/mol. The van der Waals surface area contributed by atoms with Gasteiger partial charge in [0.05, 0.1) is 5.69 Å². The molecule has 24 heavy (non-hydrogen) atoms. The highest BCUT2D eigenvalue weighted by molar-refractivity contribution is 5.89. The molecule has 2 aliphatic rings. The molecule has 3 heterocycles. The standard InChI is InChI=1S/C18H22N4O.ClH/c23-18(12-13-10-14-6-7-15(11-13)19-14)20-17-8-9-22(21-17)16-4-2-1-3-5-16;/h1-5,8-9,13-15,19H,6-7,10-12H2,(H,20,21,23);1H. The second-order valence-electron chi connectivity index (χ2n) is 6.71. The van der Waals surface area contributed by atoms with E-state index in [1.807, 2.05) is 42.6 Å². The highest BCUT2D eigenvalue weighted by Gasteiger charge is 2.34. The van der Waals surface area contributed by atoms with Crippen molar-refractivity contribution in [3.8, 4) is 5.69 Å². The number of aromatic nitrogens is 2. The van der Waals surface area contributed by atoms with E-state index in [0.717, 1.165) is 18.5 Å². The van der Waals surface area contributed by atoms with Crippen LogP contribution in [0.5, 0.6) is 0 Å². The molecule has 2 unspecified atom stereocenters. The molecule has 0 saturated carbocycles. The molecule has 128 valence electrons. The molecule has 4 rings (SSSR count). The first-order chi connectivity index (χ1) is 11.3. The largest absolute Gasteiger partial charge is 0.311 e. The monoisotopic (exact) mass is 346 g/mol. The fourth-order valence-corrected chi connectivity index (χ4v) is 3.91. The van der Waals surface area contributed by atoms with E-state index in [9.17, 15) is 4.79 Å². The van der Waals surface area contributed by atoms with Gasteiger partial charge >= 0.3 is 0 Å². The summed E-state index contributed by atoms with van der Waals surface area (Å²) in [5.41, 5.74) is 0.989. The molecule has 1 amide bonds. The summed E-state index contributed by atoms with van der Waals surface area (Å²) in [4.78, 5) is 12.3. The highest BCUT2D eigenvalue weighted by Crippen LogP contribution is 2.32. The predicted octanol–water partition coefficient (Wildman–Crippen LogP) is 3.15. The highest BCUT2D eigenvalue weighted by atomic mass is 35.5. The van der Waals surface area contributed by atoms with Crippen molar-refractivity contribution >= 4 is 24.1 Å². The molecule has 0 aliphatic carbocycles. The van der Waals surface area contributed by atoms with E-state index in [2.05, 4.69) is 15.7 Å². The first kappa shape index (κ1) is 17.0. The molecule has 1 aromatic heterocycles. The number of rotatable bonds is 4. The van der Waals surface area contributed by atoms with Crippen molar-refractivity contribution in [3.05, 3.63) is 42.6 Å². The first-order valence-corrected chi connectivity index (χ1v) is 8.43. The van der Waals surface area contributed by atoms with E-state index >= 15 is 0 Å². The fourth-order valence-electron chi connectivity index (χ4n) is 3.91. The Kier molecular flexibility index (Phi) is 5.21. The molecule has 5 nitrogen and oxygen atoms in total. The summed E-state index contributed by atoms with van der Waals surface area (Å²) in [5.74, 6) is 1.20. The summed E-state index contributed by atoms with van der Waals surface area (Å²) in [6, 6.07) is 13.0. The molecule has 2 atom stereocenters. The zero-order valence-electron chi connectivity index (χ0n) is 13.5. The molecule has 2 aliphatic heterocycles. The van der Waals surface area contributed by atoms with E-state index < -0.39 is 0 Å². The number of carbonyl (C=O) groups is 1. The van der Waals surface area contributed by atoms with Crippen LogP contribution in [0.4, 0.5) is 5.82 Å². The van der Waals surface area contributed by atoms with Gasteiger partial charge in [-0.15, -0.1) is 12.4 Å². The molecule has 2 fully saturated rings. The average molecular weight is 347 g/mol. The van der Waals surface area contributed by atoms with Crippen LogP contribution < -0.4 is 10.6 Å². The maximum Gasteiger partial charge on any atom is 0.225 e. The molecule has 2 bridgehead atoms. The smallest absolute Gasteiger partial charge is 0.225 e. The lowest BCUT2D eigenvalue weighted by atomic mass is 9.89. The van der Waals surface area contributed by atoms with Crippen molar-refractivity contribution in [2.24, 2.45) is 5.92 Å². The van der Waals surface area contributed by atoms with Crippen LogP contribution in [-0.4, -0.2) is 27.8 Å². The molecule has 0 spiro atoms. The van der Waals surface area contributed by atoms with Gasteiger partial charge in [0, 0.05) is 30.8 Å². The van der Waals surface area contributed by atoms with Crippen molar-refractivity contribution in [1.29, 1.82) is 0 Å². The van der Waals surface area contributed by atoms with Gasteiger partial charge in [-0.1, -0.05) is 18.2 Å². The lowest BCUT2D eigenvalue weighted by Crippen LogP contribution is -2.39. The van der Waals surface area contributed by atoms with Gasteiger partial charge in [0.25, 0.3) is 0 Å². The Morgan fingerprint density at radius 1 is 1.17 bits per heavy atom. The molecule has 6 heteroatoms. The Labute approximate surface area is 148 Å². The van der Waals surface area contributed by atoms with Gasteiger partial charge in [0.2, 0.25) is 5.91 Å². The summed E-state index contributed by atoms with van der Waals surface area (Å²) >= 11 is 0. The number of benzene rings is 1. The van der Waals surface area contributed by atoms with Gasteiger partial charge in [0.15, 0.2) is 5.82 Å². The number of anilines is 1. The van der Waals surface area contributed by atoms with Gasteiger partial charge in [-0.3, -0.25) is 4.79 Å². The molecule has 2 N–H and O–H groups in total. The van der Waals surface area contributed by atoms with Crippen molar-refractivity contribution in [1.82, 2.24) is 15.1 Å². The summed E-state index contributed by atoms with van der Waals surface area (Å²) in [6.45, 7) is 0. The van der Waals surface area contributed by atoms with E-state index in [0.29, 0.717) is 30.2 Å². The third kappa shape index (κ3) is 3.79. The van der Waals surface area contributed by atoms with Crippen LogP contribution in [-0.2, 0) is 4.79 Å². The number of nitrogens with zero attached hydrogens (tertiary/aromatic N) is 2. The number of piperidine rings is 1. The topological polar surface area (TPSA) is 59.0 Å². The van der Waals surface area contributed by atoms with E-state index in [4.69, 9.17) is 0 Å². The number of nitrogens with one attached hydrogen (secondary N) is 2. The van der Waals surface area contributed by atoms with Gasteiger partial charge in [-0.05, 0) is 43.7 Å². The van der Waals surface area contributed by atoms with Crippen LogP contribution in [0.2, 0.25) is 0 Å². The number of hydrogen-bond acceptors (Lipinski definition) is 3. The van der Waals surface area contributed by atoms with E-state index in [1.165, 1.54) is 12.8 Å². The SMILES string of the molecule is Cl.O=C(CC1CC2CCC(C1)N2)Nc1ccn(-c2ccccc2)n1. The first-order valence-electron chi connectivity index (χ1n) is 8.43. The lowest BCUT2D eigenvalue weighted by Gasteiger charge is -2.28. The van der Waals surface area contributed by atoms with Crippen molar-refractivity contribution in [2.75, 3.05) is 5.32 Å². The van der Waals surface area contributed by atoms with E-state index in [-0.39, 0.29) is 18.3 Å². The van der Waals surface area contributed by atoms with Crippen molar-refractivity contribution < 1.29 is 4.79 Å². The van der Waals surface area contributed by atoms with Crippen LogP contribution in [0.1, 0.15) is 32.1 Å². The molecule has 1 aromatic carbocycles. The third-order valence-electron chi connectivity index (χ3n) is 4.92. The molecular weight excluding hydrogens is 324 g/mol. The minimum absolute atomic E-state index is 0. The third-order valence-corrected chi connectivity index (χ3v) is 4.92. The maximum absolute atomic E-state index is 12.3. The Morgan fingerprint density at radius 3 is 2.58 bits per heavy atom. The van der Waals surface area contributed by atoms with Crippen molar-refractivity contribution in [3.63, 3.8) is 0 Å². The molecule has 2 aromatic rings. The van der Waals surface area contributed by atoms with Crippen molar-refractivity contribution in [2.45, 2.75) is 44.2 Å². The van der Waals surface area contributed by atoms with Crippen LogP contribution in [0.15, 0.2) is 42.6 Å². The summed E-state index contributed by atoms with van der Waals surface area (Å²) in [6.07, 6.45) is 7.27. The van der Waals surface area contributed by atoms with E-state index in [1.54, 1.807) is 4.68 Å². The van der Waals surface area contributed by atoms with Crippen LogP contribution in [0.25, 0.3) is 5.69 Å². The number of carbonyl (C=O) groups excluding carboxylic acids is 1. The number of amides is 1. The second-order valence-corrected chi connectivity index (χ2v) is 6.71. The number of para-hydroxylation sites is 1. The van der Waals surface area contributed by atoms with Crippen LogP contribution in [0.3, 0.4) is 0 Å². The summed E-state index contributed by atoms with van der Waals surface area (Å²) in [7, 11) is 0. The van der Waals surface area contributed by atoms with Gasteiger partial charge in [0.1, 0.15) is 0 Å². The normalized spacial score (nSPS) is 25.1. The Bertz CT molecular complexity index is 675. The molecule has 0 radical (unpaired) electrons. The summed E-state index contributed by atoms with van der Waals surface area (Å²) in [5, 5.41) is 11.0. The van der Waals surface area contributed by atoms with Crippen LogP contribution in [0, 0.1) is 5.92 Å². The number of halogens is 1. The van der Waals surface area contributed by atoms with Gasteiger partial charge in [-0.2, -0.15) is 5.10 Å². The second kappa shape index (κ2) is 7.36. The number of fused-ring (bicyclic) bond motifs is 2. The van der Waals surface area contributed by atoms with Gasteiger partial charge in [-0.25, -0.2) is 4.68 Å². The van der Waals surface area contributed by atoms with Crippen LogP contribution >= 0.6 is 12.4 Å². The Morgan fingerprint density at radius 2 is 1.88 bits per heavy atom. The van der Waals surface area contributed by atoms with Gasteiger partial charge < -0.3 is 10.6 Å². The molecular formula is C18H23ClN4O. The minimum atomic E-state index is 0. The Balaban J connectivity index is 0.00000169. The fraction of sp³-hybridized carbons (Fsp3) is 0.444. The maximum atomic E-state index is 12.3. The average Bonchev–Trinajstić information content (AvgIpc) is 3.15. The lowest BCUT2D eigenvalue weighted by molar-refractivity contribution is -0.117. The minimum Gasteiger partial charge on any atom is -0.311 e. The zero-order chi connectivity index (χ0) is 15.6.